The van der Waals surface area contributed by atoms with Crippen molar-refractivity contribution in [3.05, 3.63) is 46.7 Å². The Morgan fingerprint density at radius 2 is 2.04 bits per heavy atom. The number of nitrogens with zero attached hydrogens (tertiary/aromatic N) is 5. The first-order valence-electron chi connectivity index (χ1n) is 9.59. The number of fused-ring (bicyclic) bond motifs is 1. The maximum absolute atomic E-state index is 5.52. The van der Waals surface area contributed by atoms with Crippen molar-refractivity contribution < 1.29 is 9.26 Å². The zero-order valence-corrected chi connectivity index (χ0v) is 17.7. The van der Waals surface area contributed by atoms with Crippen LogP contribution in [0.4, 0.5) is 5.69 Å². The van der Waals surface area contributed by atoms with Gasteiger partial charge >= 0.3 is 0 Å². The number of anilines is 1. The number of hydrogen-bond donors (Lipinski definition) is 0. The molecule has 2 aromatic heterocycles. The molecule has 0 N–H and O–H groups in total. The molecular formula is C20H24BrN5O2. The summed E-state index contributed by atoms with van der Waals surface area (Å²) in [4.78, 5) is 13.7. The smallest absolute Gasteiger partial charge is 0.240 e. The maximum atomic E-state index is 5.52. The van der Waals surface area contributed by atoms with E-state index in [1.807, 2.05) is 26.1 Å². The molecule has 0 amide bonds. The molecule has 0 spiro atoms. The Morgan fingerprint density at radius 1 is 1.21 bits per heavy atom. The fraction of sp³-hybridized carbons (Fsp3) is 0.450. The van der Waals surface area contributed by atoms with Gasteiger partial charge in [0.05, 0.1) is 12.1 Å². The summed E-state index contributed by atoms with van der Waals surface area (Å²) in [5.74, 6) is 1.26. The van der Waals surface area contributed by atoms with E-state index < -0.39 is 0 Å². The van der Waals surface area contributed by atoms with E-state index >= 15 is 0 Å². The zero-order valence-electron chi connectivity index (χ0n) is 16.1. The van der Waals surface area contributed by atoms with Crippen molar-refractivity contribution in [1.29, 1.82) is 0 Å². The first-order valence-corrected chi connectivity index (χ1v) is 10.4. The zero-order chi connectivity index (χ0) is 19.5. The van der Waals surface area contributed by atoms with Crippen molar-refractivity contribution in [2.75, 3.05) is 37.7 Å². The first kappa shape index (κ1) is 19.3. The maximum Gasteiger partial charge on any atom is 0.240 e. The quantitative estimate of drug-likeness (QED) is 0.571. The van der Waals surface area contributed by atoms with Crippen LogP contribution in [-0.2, 0) is 11.3 Å². The number of ether oxygens (including phenoxy) is 1. The highest BCUT2D eigenvalue weighted by molar-refractivity contribution is 9.10. The predicted molar refractivity (Wildman–Crippen MR) is 111 cm³/mol. The highest BCUT2D eigenvalue weighted by atomic mass is 79.9. The summed E-state index contributed by atoms with van der Waals surface area (Å²) >= 11 is 3.57. The normalized spacial score (nSPS) is 16.6. The molecule has 3 aromatic rings. The van der Waals surface area contributed by atoms with Gasteiger partial charge in [-0.3, -0.25) is 9.88 Å². The van der Waals surface area contributed by atoms with Gasteiger partial charge in [-0.05, 0) is 38.1 Å². The van der Waals surface area contributed by atoms with Crippen molar-refractivity contribution in [2.45, 2.75) is 26.5 Å². The molecule has 8 heteroatoms. The van der Waals surface area contributed by atoms with E-state index in [0.29, 0.717) is 24.9 Å². The topological polar surface area (TPSA) is 67.5 Å². The summed E-state index contributed by atoms with van der Waals surface area (Å²) < 4.78 is 12.0. The molecular weight excluding hydrogens is 422 g/mol. The second-order valence-corrected chi connectivity index (χ2v) is 7.81. The lowest BCUT2D eigenvalue weighted by atomic mass is 10.1. The standard InChI is InChI=1S/C20H24BrN5O2/c1-3-27-14(2)20-23-19(28-24-20)13-25-8-10-26(11-9-25)18-6-7-22-17-5-4-15(21)12-16(17)18/h4-7,12,14H,3,8-11,13H2,1-2H3. The molecule has 1 saturated heterocycles. The Bertz CT molecular complexity index is 939. The van der Waals surface area contributed by atoms with Crippen molar-refractivity contribution in [1.82, 2.24) is 20.0 Å². The SMILES string of the molecule is CCOC(C)c1noc(CN2CCN(c3ccnc4ccc(Br)cc34)CC2)n1. The van der Waals surface area contributed by atoms with Crippen LogP contribution in [0.1, 0.15) is 31.7 Å². The Morgan fingerprint density at radius 3 is 2.82 bits per heavy atom. The summed E-state index contributed by atoms with van der Waals surface area (Å²) in [6, 6.07) is 8.32. The molecule has 28 heavy (non-hydrogen) atoms. The van der Waals surface area contributed by atoms with Crippen LogP contribution in [0.5, 0.6) is 0 Å². The predicted octanol–water partition coefficient (Wildman–Crippen LogP) is 3.80. The third-order valence-corrected chi connectivity index (χ3v) is 5.51. The van der Waals surface area contributed by atoms with Gasteiger partial charge in [0.25, 0.3) is 0 Å². The minimum Gasteiger partial charge on any atom is -0.371 e. The van der Waals surface area contributed by atoms with Gasteiger partial charge in [-0.2, -0.15) is 4.98 Å². The average Bonchev–Trinajstić information content (AvgIpc) is 3.17. The molecule has 0 radical (unpaired) electrons. The van der Waals surface area contributed by atoms with E-state index in [1.165, 1.54) is 11.1 Å². The van der Waals surface area contributed by atoms with Crippen LogP contribution in [0.25, 0.3) is 10.9 Å². The monoisotopic (exact) mass is 445 g/mol. The lowest BCUT2D eigenvalue weighted by Gasteiger charge is -2.35. The Hall–Kier alpha value is -2.03. The molecule has 1 fully saturated rings. The van der Waals surface area contributed by atoms with E-state index in [4.69, 9.17) is 9.26 Å². The van der Waals surface area contributed by atoms with Gasteiger partial charge in [-0.1, -0.05) is 21.1 Å². The number of benzene rings is 1. The van der Waals surface area contributed by atoms with Crippen molar-refractivity contribution in [3.63, 3.8) is 0 Å². The third kappa shape index (κ3) is 4.19. The van der Waals surface area contributed by atoms with E-state index in [0.717, 1.165) is 36.2 Å². The van der Waals surface area contributed by atoms with Crippen LogP contribution in [0.15, 0.2) is 39.5 Å². The largest absolute Gasteiger partial charge is 0.371 e. The van der Waals surface area contributed by atoms with Crippen molar-refractivity contribution in [2.24, 2.45) is 0 Å². The van der Waals surface area contributed by atoms with Gasteiger partial charge < -0.3 is 14.2 Å². The molecule has 1 aromatic carbocycles. The van der Waals surface area contributed by atoms with Gasteiger partial charge in [0.2, 0.25) is 5.89 Å². The second kappa shape index (κ2) is 8.55. The summed E-state index contributed by atoms with van der Waals surface area (Å²) in [5.41, 5.74) is 2.25. The molecule has 0 aliphatic carbocycles. The Kier molecular flexibility index (Phi) is 5.89. The van der Waals surface area contributed by atoms with E-state index in [9.17, 15) is 0 Å². The molecule has 7 nitrogen and oxygen atoms in total. The fourth-order valence-corrected chi connectivity index (χ4v) is 3.90. The third-order valence-electron chi connectivity index (χ3n) is 5.02. The van der Waals surface area contributed by atoms with E-state index in [2.05, 4.69) is 59.1 Å². The van der Waals surface area contributed by atoms with E-state index in [1.54, 1.807) is 0 Å². The average molecular weight is 446 g/mol. The Labute approximate surface area is 172 Å². The number of halogens is 1. The van der Waals surface area contributed by atoms with Crippen molar-refractivity contribution >= 4 is 32.5 Å². The number of pyridine rings is 1. The number of hydrogen-bond acceptors (Lipinski definition) is 7. The molecule has 1 unspecified atom stereocenters. The lowest BCUT2D eigenvalue weighted by Crippen LogP contribution is -2.46. The lowest BCUT2D eigenvalue weighted by molar-refractivity contribution is 0.0683. The summed E-state index contributed by atoms with van der Waals surface area (Å²) in [7, 11) is 0. The molecule has 1 aliphatic heterocycles. The van der Waals surface area contributed by atoms with Crippen LogP contribution in [0.2, 0.25) is 0 Å². The molecule has 1 atom stereocenters. The van der Waals surface area contributed by atoms with Gasteiger partial charge in [-0.25, -0.2) is 0 Å². The van der Waals surface area contributed by atoms with Crippen LogP contribution >= 0.6 is 15.9 Å². The van der Waals surface area contributed by atoms with Gasteiger partial charge in [0.15, 0.2) is 5.82 Å². The molecule has 148 valence electrons. The first-order chi connectivity index (χ1) is 13.6. The minimum atomic E-state index is -0.140. The van der Waals surface area contributed by atoms with Gasteiger partial charge in [-0.15, -0.1) is 0 Å². The van der Waals surface area contributed by atoms with Crippen LogP contribution in [0.3, 0.4) is 0 Å². The number of aromatic nitrogens is 3. The number of piperazine rings is 1. The summed E-state index contributed by atoms with van der Waals surface area (Å²) in [6.07, 6.45) is 1.75. The second-order valence-electron chi connectivity index (χ2n) is 6.90. The molecule has 1 aliphatic rings. The highest BCUT2D eigenvalue weighted by Gasteiger charge is 2.21. The Balaban J connectivity index is 1.40. The summed E-state index contributed by atoms with van der Waals surface area (Å²) in [5, 5.41) is 5.22. The van der Waals surface area contributed by atoms with Crippen molar-refractivity contribution in [3.8, 4) is 0 Å². The molecule has 3 heterocycles. The van der Waals surface area contributed by atoms with Gasteiger partial charge in [0, 0.05) is 54.5 Å². The fourth-order valence-electron chi connectivity index (χ4n) is 3.54. The van der Waals surface area contributed by atoms with Crippen LogP contribution < -0.4 is 4.90 Å². The van der Waals surface area contributed by atoms with Crippen LogP contribution in [-0.4, -0.2) is 52.8 Å². The van der Waals surface area contributed by atoms with Gasteiger partial charge in [0.1, 0.15) is 6.10 Å². The van der Waals surface area contributed by atoms with E-state index in [-0.39, 0.29) is 6.10 Å². The minimum absolute atomic E-state index is 0.140. The van der Waals surface area contributed by atoms with Crippen LogP contribution in [0, 0.1) is 0 Å². The highest BCUT2D eigenvalue weighted by Crippen LogP contribution is 2.29. The molecule has 4 rings (SSSR count). The molecule has 0 bridgehead atoms. The number of rotatable bonds is 6. The molecule has 0 saturated carbocycles. The summed E-state index contributed by atoms with van der Waals surface area (Å²) in [6.45, 7) is 8.97.